The molecule has 4 aromatic rings. The highest BCUT2D eigenvalue weighted by molar-refractivity contribution is 9.10. The van der Waals surface area contributed by atoms with E-state index in [-0.39, 0.29) is 23.8 Å². The summed E-state index contributed by atoms with van der Waals surface area (Å²) in [5, 5.41) is 2.82. The van der Waals surface area contributed by atoms with E-state index in [1.54, 1.807) is 41.1 Å². The third kappa shape index (κ3) is 4.08. The minimum Gasteiger partial charge on any atom is -0.439 e. The topological polar surface area (TPSA) is 82.3 Å². The number of rotatable bonds is 5. The van der Waals surface area contributed by atoms with Gasteiger partial charge in [0.1, 0.15) is 12.3 Å². The number of hydrogen-bond acceptors (Lipinski definition) is 4. The molecule has 170 valence electrons. The molecule has 0 atom stereocenters. The summed E-state index contributed by atoms with van der Waals surface area (Å²) in [7, 11) is 0. The van der Waals surface area contributed by atoms with E-state index < -0.39 is 0 Å². The molecule has 0 bridgehead atoms. The number of fused-ring (bicyclic) bond motifs is 2. The number of anilines is 1. The monoisotopic (exact) mass is 517 g/mol. The molecule has 0 spiro atoms. The molecule has 1 amide bonds. The van der Waals surface area contributed by atoms with E-state index in [1.165, 1.54) is 11.6 Å². The van der Waals surface area contributed by atoms with Gasteiger partial charge in [0.15, 0.2) is 5.78 Å². The Balaban J connectivity index is 1.54. The number of nitrogens with one attached hydrogen (secondary N) is 1. The average molecular weight is 518 g/mol. The van der Waals surface area contributed by atoms with Crippen LogP contribution in [0.3, 0.4) is 0 Å². The quantitative estimate of drug-likeness (QED) is 0.334. The minimum atomic E-state index is -0.353. The lowest BCUT2D eigenvalue weighted by Gasteiger charge is -2.20. The Morgan fingerprint density at radius 3 is 2.59 bits per heavy atom. The Kier molecular flexibility index (Phi) is 5.67. The molecule has 0 saturated heterocycles. The first-order valence-electron chi connectivity index (χ1n) is 10.7. The van der Waals surface area contributed by atoms with Crippen LogP contribution in [-0.2, 0) is 17.8 Å². The first kappa shape index (κ1) is 21.9. The second-order valence-corrected chi connectivity index (χ2v) is 8.93. The summed E-state index contributed by atoms with van der Waals surface area (Å²) in [6, 6.07) is 21.5. The van der Waals surface area contributed by atoms with Crippen molar-refractivity contribution >= 4 is 33.3 Å². The number of Topliss-reactive ketones (excluding diaryl/α,β-unsaturated/α-hetero) is 1. The molecular formula is C26H20BrN3O4. The van der Waals surface area contributed by atoms with Crippen molar-refractivity contribution in [2.24, 2.45) is 0 Å². The van der Waals surface area contributed by atoms with Gasteiger partial charge in [0.2, 0.25) is 11.8 Å². The van der Waals surface area contributed by atoms with Gasteiger partial charge in [-0.3, -0.25) is 14.4 Å². The normalized spacial score (nSPS) is 11.8. The van der Waals surface area contributed by atoms with E-state index in [1.807, 2.05) is 36.4 Å². The van der Waals surface area contributed by atoms with Crippen molar-refractivity contribution in [3.8, 4) is 17.3 Å². The standard InChI is InChI=1S/C26H20BrN3O4/c1-16(31)17-6-5-7-20(13-17)28-24(32)15-29-26-22(14-18-12-19(27)10-11-23(18)34-26)25(33)30(29)21-8-3-2-4-9-21/h2-13H,14-15H2,1H3,(H,28,32). The fourth-order valence-electron chi connectivity index (χ4n) is 4.04. The van der Waals surface area contributed by atoms with Gasteiger partial charge in [0.25, 0.3) is 5.56 Å². The first-order chi connectivity index (χ1) is 16.4. The SMILES string of the molecule is CC(=O)c1cccc(NC(=O)Cn2c3c(c(=O)n2-c2ccccc2)Cc2cc(Br)ccc2O3)c1. The van der Waals surface area contributed by atoms with E-state index in [2.05, 4.69) is 21.2 Å². The number of hydrogen-bond donors (Lipinski definition) is 1. The molecule has 1 aliphatic rings. The third-order valence-corrected chi connectivity index (χ3v) is 6.12. The van der Waals surface area contributed by atoms with Crippen LogP contribution < -0.4 is 15.6 Å². The molecular weight excluding hydrogens is 498 g/mol. The predicted molar refractivity (Wildman–Crippen MR) is 132 cm³/mol. The summed E-state index contributed by atoms with van der Waals surface area (Å²) in [4.78, 5) is 38.2. The summed E-state index contributed by atoms with van der Waals surface area (Å²) in [6.45, 7) is 1.31. The Hall–Kier alpha value is -3.91. The zero-order valence-corrected chi connectivity index (χ0v) is 19.8. The van der Waals surface area contributed by atoms with E-state index in [0.717, 1.165) is 10.0 Å². The minimum absolute atomic E-state index is 0.0906. The number of para-hydroxylation sites is 1. The number of halogens is 1. The lowest BCUT2D eigenvalue weighted by molar-refractivity contribution is -0.117. The van der Waals surface area contributed by atoms with Gasteiger partial charge < -0.3 is 10.1 Å². The van der Waals surface area contributed by atoms with Crippen molar-refractivity contribution in [3.05, 3.63) is 104 Å². The van der Waals surface area contributed by atoms with Crippen molar-refractivity contribution < 1.29 is 14.3 Å². The number of carbonyl (C=O) groups is 2. The number of nitrogens with zero attached hydrogens (tertiary/aromatic N) is 2. The highest BCUT2D eigenvalue weighted by Crippen LogP contribution is 2.37. The molecule has 1 aromatic heterocycles. The van der Waals surface area contributed by atoms with E-state index in [4.69, 9.17) is 4.74 Å². The van der Waals surface area contributed by atoms with Gasteiger partial charge in [0.05, 0.1) is 11.3 Å². The number of ether oxygens (including phenoxy) is 1. The third-order valence-electron chi connectivity index (χ3n) is 5.63. The largest absolute Gasteiger partial charge is 0.439 e. The van der Waals surface area contributed by atoms with Crippen molar-refractivity contribution in [2.75, 3.05) is 5.32 Å². The molecule has 0 saturated carbocycles. The average Bonchev–Trinajstić information content (AvgIpc) is 3.08. The maximum Gasteiger partial charge on any atom is 0.278 e. The lowest BCUT2D eigenvalue weighted by Crippen LogP contribution is -2.27. The fourth-order valence-corrected chi connectivity index (χ4v) is 4.45. The van der Waals surface area contributed by atoms with E-state index in [9.17, 15) is 14.4 Å². The van der Waals surface area contributed by atoms with Crippen LogP contribution in [0.15, 0.2) is 82.1 Å². The first-order valence-corrected chi connectivity index (χ1v) is 11.5. The number of carbonyl (C=O) groups excluding carboxylic acids is 2. The Bertz CT molecular complexity index is 1490. The second kappa shape index (κ2) is 8.79. The Labute approximate surface area is 203 Å². The van der Waals surface area contributed by atoms with Crippen molar-refractivity contribution in [1.82, 2.24) is 9.36 Å². The molecule has 1 N–H and O–H groups in total. The van der Waals surface area contributed by atoms with E-state index in [0.29, 0.717) is 40.6 Å². The summed E-state index contributed by atoms with van der Waals surface area (Å²) >= 11 is 3.47. The van der Waals surface area contributed by atoms with Gasteiger partial charge in [-0.2, -0.15) is 0 Å². The van der Waals surface area contributed by atoms with Crippen LogP contribution in [0.1, 0.15) is 28.4 Å². The van der Waals surface area contributed by atoms with Gasteiger partial charge in [-0.1, -0.05) is 46.3 Å². The highest BCUT2D eigenvalue weighted by Gasteiger charge is 2.29. The van der Waals surface area contributed by atoms with Gasteiger partial charge in [-0.25, -0.2) is 9.36 Å². The second-order valence-electron chi connectivity index (χ2n) is 8.01. The number of ketones is 1. The van der Waals surface area contributed by atoms with Crippen molar-refractivity contribution in [1.29, 1.82) is 0 Å². The van der Waals surface area contributed by atoms with Crippen LogP contribution in [0.2, 0.25) is 0 Å². The maximum absolute atomic E-state index is 13.5. The van der Waals surface area contributed by atoms with Gasteiger partial charge >= 0.3 is 0 Å². The molecule has 0 aliphatic carbocycles. The van der Waals surface area contributed by atoms with Gasteiger partial charge in [-0.15, -0.1) is 0 Å². The molecule has 7 nitrogen and oxygen atoms in total. The smallest absolute Gasteiger partial charge is 0.278 e. The molecule has 0 radical (unpaired) electrons. The number of benzene rings is 3. The molecule has 8 heteroatoms. The Morgan fingerprint density at radius 2 is 1.82 bits per heavy atom. The van der Waals surface area contributed by atoms with Crippen LogP contribution in [-0.4, -0.2) is 21.1 Å². The van der Waals surface area contributed by atoms with Crippen LogP contribution in [0.25, 0.3) is 5.69 Å². The molecule has 3 aromatic carbocycles. The van der Waals surface area contributed by atoms with Crippen LogP contribution in [0.5, 0.6) is 11.6 Å². The Morgan fingerprint density at radius 1 is 1.03 bits per heavy atom. The zero-order chi connectivity index (χ0) is 23.8. The zero-order valence-electron chi connectivity index (χ0n) is 18.2. The van der Waals surface area contributed by atoms with Crippen molar-refractivity contribution in [3.63, 3.8) is 0 Å². The van der Waals surface area contributed by atoms with Crippen molar-refractivity contribution in [2.45, 2.75) is 19.9 Å². The van der Waals surface area contributed by atoms with Crippen LogP contribution >= 0.6 is 15.9 Å². The summed E-state index contributed by atoms with van der Waals surface area (Å²) in [6.07, 6.45) is 0.394. The summed E-state index contributed by atoms with van der Waals surface area (Å²) < 4.78 is 10.1. The maximum atomic E-state index is 13.5. The summed E-state index contributed by atoms with van der Waals surface area (Å²) in [5.41, 5.74) is 2.77. The van der Waals surface area contributed by atoms with E-state index >= 15 is 0 Å². The van der Waals surface area contributed by atoms with Gasteiger partial charge in [-0.05, 0) is 49.4 Å². The molecule has 34 heavy (non-hydrogen) atoms. The number of amides is 1. The molecule has 2 heterocycles. The fraction of sp³-hybridized carbons (Fsp3) is 0.115. The molecule has 0 unspecified atom stereocenters. The molecule has 1 aliphatic heterocycles. The predicted octanol–water partition coefficient (Wildman–Crippen LogP) is 4.94. The van der Waals surface area contributed by atoms with Gasteiger partial charge in [0, 0.05) is 27.7 Å². The number of aromatic nitrogens is 2. The lowest BCUT2D eigenvalue weighted by atomic mass is 10.0. The molecule has 5 rings (SSSR count). The van der Waals surface area contributed by atoms with Crippen LogP contribution in [0, 0.1) is 0 Å². The van der Waals surface area contributed by atoms with Crippen LogP contribution in [0.4, 0.5) is 5.69 Å². The highest BCUT2D eigenvalue weighted by atomic mass is 79.9. The summed E-state index contributed by atoms with van der Waals surface area (Å²) in [5.74, 6) is 0.543. The molecule has 0 fully saturated rings.